The summed E-state index contributed by atoms with van der Waals surface area (Å²) in [5.74, 6) is 2.30. The standard InChI is InChI=1S/C11H23N3/c1-4-6-13-11(12)14-7-5-10(8-14)9(2)3/h9-10H,4-8H2,1-3H3,(H2,12,13). The number of nitrogens with two attached hydrogens (primary N) is 1. The molecule has 1 unspecified atom stereocenters. The van der Waals surface area contributed by atoms with Crippen molar-refractivity contribution in [2.45, 2.75) is 33.6 Å². The number of likely N-dealkylation sites (tertiary alicyclic amines) is 1. The fraction of sp³-hybridized carbons (Fsp3) is 0.909. The van der Waals surface area contributed by atoms with Gasteiger partial charge in [-0.1, -0.05) is 20.8 Å². The van der Waals surface area contributed by atoms with E-state index >= 15 is 0 Å². The Hall–Kier alpha value is -0.730. The fourth-order valence-corrected chi connectivity index (χ4v) is 1.87. The molecule has 1 saturated heterocycles. The summed E-state index contributed by atoms with van der Waals surface area (Å²) in [5, 5.41) is 0. The summed E-state index contributed by atoms with van der Waals surface area (Å²) < 4.78 is 0. The van der Waals surface area contributed by atoms with Crippen molar-refractivity contribution in [1.29, 1.82) is 0 Å². The van der Waals surface area contributed by atoms with Crippen molar-refractivity contribution >= 4 is 5.96 Å². The number of hydrogen-bond donors (Lipinski definition) is 1. The van der Waals surface area contributed by atoms with Crippen molar-refractivity contribution < 1.29 is 0 Å². The Kier molecular flexibility index (Phi) is 4.23. The van der Waals surface area contributed by atoms with Gasteiger partial charge in [0.05, 0.1) is 0 Å². The third-order valence-corrected chi connectivity index (χ3v) is 2.99. The smallest absolute Gasteiger partial charge is 0.191 e. The number of guanidine groups is 1. The van der Waals surface area contributed by atoms with Gasteiger partial charge < -0.3 is 10.6 Å². The molecule has 14 heavy (non-hydrogen) atoms. The highest BCUT2D eigenvalue weighted by Crippen LogP contribution is 2.23. The Bertz CT molecular complexity index is 199. The van der Waals surface area contributed by atoms with Gasteiger partial charge in [-0.3, -0.25) is 4.99 Å². The molecule has 0 spiro atoms. The van der Waals surface area contributed by atoms with E-state index < -0.39 is 0 Å². The molecule has 0 saturated carbocycles. The summed E-state index contributed by atoms with van der Waals surface area (Å²) in [7, 11) is 0. The van der Waals surface area contributed by atoms with E-state index in [1.54, 1.807) is 0 Å². The molecule has 3 nitrogen and oxygen atoms in total. The Morgan fingerprint density at radius 3 is 2.79 bits per heavy atom. The monoisotopic (exact) mass is 197 g/mol. The van der Waals surface area contributed by atoms with Crippen LogP contribution in [0.5, 0.6) is 0 Å². The van der Waals surface area contributed by atoms with Gasteiger partial charge in [-0.15, -0.1) is 0 Å². The summed E-state index contributed by atoms with van der Waals surface area (Å²) in [5.41, 5.74) is 5.90. The van der Waals surface area contributed by atoms with Gasteiger partial charge in [0, 0.05) is 19.6 Å². The van der Waals surface area contributed by atoms with Crippen LogP contribution < -0.4 is 5.73 Å². The van der Waals surface area contributed by atoms with E-state index in [0.717, 1.165) is 43.9 Å². The van der Waals surface area contributed by atoms with Crippen LogP contribution in [0.1, 0.15) is 33.6 Å². The lowest BCUT2D eigenvalue weighted by Crippen LogP contribution is -2.36. The molecular weight excluding hydrogens is 174 g/mol. The molecule has 0 amide bonds. The molecule has 1 aliphatic heterocycles. The number of hydrogen-bond acceptors (Lipinski definition) is 1. The largest absolute Gasteiger partial charge is 0.370 e. The lowest BCUT2D eigenvalue weighted by molar-refractivity contribution is 0.387. The zero-order chi connectivity index (χ0) is 10.6. The maximum absolute atomic E-state index is 5.90. The molecule has 0 radical (unpaired) electrons. The molecule has 0 aromatic heterocycles. The van der Waals surface area contributed by atoms with Crippen molar-refractivity contribution in [1.82, 2.24) is 4.90 Å². The predicted molar refractivity (Wildman–Crippen MR) is 61.3 cm³/mol. The number of nitrogens with zero attached hydrogens (tertiary/aromatic N) is 2. The molecule has 0 aromatic rings. The molecule has 1 aliphatic rings. The van der Waals surface area contributed by atoms with E-state index in [9.17, 15) is 0 Å². The van der Waals surface area contributed by atoms with Crippen molar-refractivity contribution in [3.05, 3.63) is 0 Å². The zero-order valence-electron chi connectivity index (χ0n) is 9.66. The van der Waals surface area contributed by atoms with Gasteiger partial charge in [0.1, 0.15) is 0 Å². The fourth-order valence-electron chi connectivity index (χ4n) is 1.87. The Labute approximate surface area is 87.4 Å². The maximum atomic E-state index is 5.90. The SMILES string of the molecule is CCCN=C(N)N1CCC(C(C)C)C1. The first-order valence-corrected chi connectivity index (χ1v) is 5.70. The van der Waals surface area contributed by atoms with Gasteiger partial charge in [0.15, 0.2) is 5.96 Å². The minimum atomic E-state index is 0.745. The second-order valence-electron chi connectivity index (χ2n) is 4.48. The second kappa shape index (κ2) is 5.23. The van der Waals surface area contributed by atoms with Gasteiger partial charge in [0.25, 0.3) is 0 Å². The van der Waals surface area contributed by atoms with Gasteiger partial charge in [-0.2, -0.15) is 0 Å². The van der Waals surface area contributed by atoms with Crippen LogP contribution in [0.25, 0.3) is 0 Å². The third-order valence-electron chi connectivity index (χ3n) is 2.99. The lowest BCUT2D eigenvalue weighted by atomic mass is 9.95. The highest BCUT2D eigenvalue weighted by Gasteiger charge is 2.25. The van der Waals surface area contributed by atoms with Gasteiger partial charge in [-0.25, -0.2) is 0 Å². The third kappa shape index (κ3) is 2.89. The van der Waals surface area contributed by atoms with Gasteiger partial charge in [-0.05, 0) is 24.7 Å². The molecule has 1 rings (SSSR count). The predicted octanol–water partition coefficient (Wildman–Crippen LogP) is 1.69. The first kappa shape index (κ1) is 11.3. The van der Waals surface area contributed by atoms with Crippen LogP contribution >= 0.6 is 0 Å². The quantitative estimate of drug-likeness (QED) is 0.552. The first-order valence-electron chi connectivity index (χ1n) is 5.70. The Morgan fingerprint density at radius 2 is 2.29 bits per heavy atom. The van der Waals surface area contributed by atoms with Crippen LogP contribution in [-0.4, -0.2) is 30.5 Å². The van der Waals surface area contributed by atoms with E-state index in [0.29, 0.717) is 0 Å². The highest BCUT2D eigenvalue weighted by atomic mass is 15.3. The van der Waals surface area contributed by atoms with E-state index in [-0.39, 0.29) is 0 Å². The van der Waals surface area contributed by atoms with Crippen molar-refractivity contribution in [3.63, 3.8) is 0 Å². The van der Waals surface area contributed by atoms with E-state index in [1.165, 1.54) is 6.42 Å². The van der Waals surface area contributed by atoms with Crippen LogP contribution in [-0.2, 0) is 0 Å². The van der Waals surface area contributed by atoms with Crippen molar-refractivity contribution in [2.75, 3.05) is 19.6 Å². The number of rotatable bonds is 3. The zero-order valence-corrected chi connectivity index (χ0v) is 9.66. The van der Waals surface area contributed by atoms with Crippen LogP contribution in [0.2, 0.25) is 0 Å². The average molecular weight is 197 g/mol. The maximum Gasteiger partial charge on any atom is 0.191 e. The molecular formula is C11H23N3. The average Bonchev–Trinajstić information content (AvgIpc) is 2.62. The molecule has 3 heteroatoms. The van der Waals surface area contributed by atoms with Crippen LogP contribution in [0, 0.1) is 11.8 Å². The van der Waals surface area contributed by atoms with E-state index in [1.807, 2.05) is 0 Å². The molecule has 0 aromatic carbocycles. The van der Waals surface area contributed by atoms with Crippen molar-refractivity contribution in [3.8, 4) is 0 Å². The summed E-state index contributed by atoms with van der Waals surface area (Å²) in [6.45, 7) is 9.73. The summed E-state index contributed by atoms with van der Waals surface area (Å²) >= 11 is 0. The molecule has 1 heterocycles. The lowest BCUT2D eigenvalue weighted by Gasteiger charge is -2.18. The van der Waals surface area contributed by atoms with Crippen LogP contribution in [0.4, 0.5) is 0 Å². The topological polar surface area (TPSA) is 41.6 Å². The number of aliphatic imine (C=N–C) groups is 1. The molecule has 2 N–H and O–H groups in total. The van der Waals surface area contributed by atoms with Crippen LogP contribution in [0.15, 0.2) is 4.99 Å². The highest BCUT2D eigenvalue weighted by molar-refractivity contribution is 5.78. The molecule has 0 aliphatic carbocycles. The summed E-state index contributed by atoms with van der Waals surface area (Å²) in [4.78, 5) is 6.56. The molecule has 1 atom stereocenters. The minimum absolute atomic E-state index is 0.745. The summed E-state index contributed by atoms with van der Waals surface area (Å²) in [6, 6.07) is 0. The normalized spacial score (nSPS) is 23.6. The first-order chi connectivity index (χ1) is 6.65. The Balaban J connectivity index is 2.41. The van der Waals surface area contributed by atoms with E-state index in [2.05, 4.69) is 30.7 Å². The van der Waals surface area contributed by atoms with Crippen molar-refractivity contribution in [2.24, 2.45) is 22.6 Å². The van der Waals surface area contributed by atoms with Gasteiger partial charge in [0.2, 0.25) is 0 Å². The molecule has 1 fully saturated rings. The van der Waals surface area contributed by atoms with Gasteiger partial charge >= 0.3 is 0 Å². The molecule has 82 valence electrons. The van der Waals surface area contributed by atoms with Crippen LogP contribution in [0.3, 0.4) is 0 Å². The minimum Gasteiger partial charge on any atom is -0.370 e. The second-order valence-corrected chi connectivity index (χ2v) is 4.48. The molecule has 0 bridgehead atoms. The Morgan fingerprint density at radius 1 is 1.57 bits per heavy atom. The van der Waals surface area contributed by atoms with E-state index in [4.69, 9.17) is 5.73 Å². The summed E-state index contributed by atoms with van der Waals surface area (Å²) in [6.07, 6.45) is 2.34.